The molecule has 0 radical (unpaired) electrons. The van der Waals surface area contributed by atoms with E-state index in [1.165, 1.54) is 38.5 Å². The molecule has 1 heterocycles. The number of rotatable bonds is 6. The second kappa shape index (κ2) is 11.8. The largest absolute Gasteiger partial charge is 0.398 e. The molecule has 2 atom stereocenters. The lowest BCUT2D eigenvalue weighted by Gasteiger charge is -2.32. The van der Waals surface area contributed by atoms with Crippen LogP contribution >= 0.6 is 0 Å². The summed E-state index contributed by atoms with van der Waals surface area (Å²) in [5, 5.41) is 0. The van der Waals surface area contributed by atoms with Gasteiger partial charge in [0.05, 0.1) is 0 Å². The summed E-state index contributed by atoms with van der Waals surface area (Å²) in [6.45, 7) is 5.93. The van der Waals surface area contributed by atoms with Crippen molar-refractivity contribution in [2.45, 2.75) is 75.5 Å². The molecule has 0 N–H and O–H groups in total. The Balaban J connectivity index is 2.67. The maximum atomic E-state index is 6.00. The van der Waals surface area contributed by atoms with E-state index >= 15 is 0 Å². The molecule has 0 saturated carbocycles. The molecule has 5 nitrogen and oxygen atoms in total. The Morgan fingerprint density at radius 1 is 0.600 bits per heavy atom. The van der Waals surface area contributed by atoms with Crippen molar-refractivity contribution < 1.29 is 22.4 Å². The van der Waals surface area contributed by atoms with Crippen LogP contribution in [0.15, 0.2) is 0 Å². The molecule has 150 valence electrons. The van der Waals surface area contributed by atoms with Gasteiger partial charge >= 0.3 is 17.1 Å². The fourth-order valence-electron chi connectivity index (χ4n) is 3.86. The number of hydrogen-bond acceptors (Lipinski definition) is 5. The molecule has 1 aliphatic rings. The first kappa shape index (κ1) is 23.3. The van der Waals surface area contributed by atoms with E-state index in [9.17, 15) is 0 Å². The Bertz CT molecular complexity index is 316. The van der Waals surface area contributed by atoms with Gasteiger partial charge in [-0.25, -0.2) is 0 Å². The lowest BCUT2D eigenvalue weighted by Crippen LogP contribution is -2.42. The quantitative estimate of drug-likeness (QED) is 0.618. The first-order chi connectivity index (χ1) is 12.0. The molecule has 1 aliphatic heterocycles. The minimum atomic E-state index is -2.10. The van der Waals surface area contributed by atoms with E-state index in [0.717, 1.165) is 26.1 Å². The third kappa shape index (κ3) is 7.05. The van der Waals surface area contributed by atoms with Gasteiger partial charge in [0, 0.05) is 52.7 Å². The Hall–Kier alpha value is 0.234. The third-order valence-electron chi connectivity index (χ3n) is 6.18. The summed E-state index contributed by atoms with van der Waals surface area (Å²) in [5.41, 5.74) is 0.994. The van der Waals surface area contributed by atoms with Gasteiger partial charge in [0.15, 0.2) is 0 Å². The number of ether oxygens (including phenoxy) is 1. The van der Waals surface area contributed by atoms with Crippen molar-refractivity contribution in [1.29, 1.82) is 0 Å². The Morgan fingerprint density at radius 2 is 0.960 bits per heavy atom. The molecule has 1 fully saturated rings. The van der Waals surface area contributed by atoms with Crippen LogP contribution in [0.3, 0.4) is 0 Å². The fourth-order valence-corrected chi connectivity index (χ4v) is 8.27. The molecule has 25 heavy (non-hydrogen) atoms. The summed E-state index contributed by atoms with van der Waals surface area (Å²) in [5.74, 6) is 0. The Morgan fingerprint density at radius 3 is 1.28 bits per heavy atom. The van der Waals surface area contributed by atoms with Gasteiger partial charge < -0.3 is 22.4 Å². The molecule has 0 amide bonds. The second-order valence-electron chi connectivity index (χ2n) is 7.42. The summed E-state index contributed by atoms with van der Waals surface area (Å²) in [6, 6.07) is 0. The van der Waals surface area contributed by atoms with E-state index in [-0.39, 0.29) is 0 Å². The average Bonchev–Trinajstić information content (AvgIpc) is 2.67. The van der Waals surface area contributed by atoms with Gasteiger partial charge in [-0.3, -0.25) is 0 Å². The normalized spacial score (nSPS) is 25.7. The topological polar surface area (TPSA) is 46.2 Å². The summed E-state index contributed by atoms with van der Waals surface area (Å²) in [7, 11) is 2.98. The molecule has 7 heteroatoms. The minimum Gasteiger partial charge on any atom is -0.398 e. The van der Waals surface area contributed by atoms with Gasteiger partial charge in [0.1, 0.15) is 0 Å². The standard InChI is InChI=1S/C18H40O5Si2/c1-19-24(5,20-2)17-11-9-7-8-10-12-18(14-16-23-15-13-17)25(6,21-3)22-4/h17-18H,7-16H2,1-6H3. The maximum absolute atomic E-state index is 6.00. The van der Waals surface area contributed by atoms with Gasteiger partial charge in [-0.15, -0.1) is 0 Å². The summed E-state index contributed by atoms with van der Waals surface area (Å²) < 4.78 is 29.2. The van der Waals surface area contributed by atoms with E-state index in [2.05, 4.69) is 13.1 Å². The highest BCUT2D eigenvalue weighted by atomic mass is 28.4. The minimum absolute atomic E-state index is 0.497. The van der Waals surface area contributed by atoms with Gasteiger partial charge in [0.25, 0.3) is 0 Å². The predicted octanol–water partition coefficient (Wildman–Crippen LogP) is 4.61. The zero-order valence-electron chi connectivity index (χ0n) is 17.3. The van der Waals surface area contributed by atoms with Crippen LogP contribution in [0.25, 0.3) is 0 Å². The Labute approximate surface area is 157 Å². The first-order valence-electron chi connectivity index (χ1n) is 9.74. The van der Waals surface area contributed by atoms with Crippen molar-refractivity contribution in [3.8, 4) is 0 Å². The molecule has 1 rings (SSSR count). The van der Waals surface area contributed by atoms with Crippen LogP contribution in [0.1, 0.15) is 51.4 Å². The molecular weight excluding hydrogens is 352 g/mol. The van der Waals surface area contributed by atoms with E-state index in [1.807, 2.05) is 0 Å². The molecule has 2 unspecified atom stereocenters. The monoisotopic (exact) mass is 392 g/mol. The van der Waals surface area contributed by atoms with Crippen molar-refractivity contribution >= 4 is 17.1 Å². The second-order valence-corrected chi connectivity index (χ2v) is 14.8. The third-order valence-corrected chi connectivity index (χ3v) is 13.5. The van der Waals surface area contributed by atoms with E-state index in [1.54, 1.807) is 28.4 Å². The maximum Gasteiger partial charge on any atom is 0.337 e. The molecule has 0 aromatic heterocycles. The SMILES string of the molecule is CO[Si](C)(OC)C1CCCCCCC([Si](C)(OC)OC)CCOCC1. The lowest BCUT2D eigenvalue weighted by atomic mass is 10.1. The van der Waals surface area contributed by atoms with E-state index in [4.69, 9.17) is 22.4 Å². The molecule has 0 aromatic carbocycles. The van der Waals surface area contributed by atoms with E-state index in [0.29, 0.717) is 11.1 Å². The van der Waals surface area contributed by atoms with Crippen LogP contribution in [0.2, 0.25) is 24.2 Å². The van der Waals surface area contributed by atoms with Crippen molar-refractivity contribution in [3.05, 3.63) is 0 Å². The zero-order chi connectivity index (χ0) is 18.8. The molecule has 0 aliphatic carbocycles. The van der Waals surface area contributed by atoms with Crippen LogP contribution in [-0.2, 0) is 22.4 Å². The Kier molecular flexibility index (Phi) is 11.0. The van der Waals surface area contributed by atoms with Crippen LogP contribution < -0.4 is 0 Å². The fraction of sp³-hybridized carbons (Fsp3) is 1.00. The summed E-state index contributed by atoms with van der Waals surface area (Å²) in [6.07, 6.45) is 9.46. The van der Waals surface area contributed by atoms with Crippen molar-refractivity contribution in [3.63, 3.8) is 0 Å². The smallest absolute Gasteiger partial charge is 0.337 e. The first-order valence-corrected chi connectivity index (χ1v) is 14.5. The average molecular weight is 393 g/mol. The van der Waals surface area contributed by atoms with Crippen molar-refractivity contribution in [1.82, 2.24) is 0 Å². The summed E-state index contributed by atoms with van der Waals surface area (Å²) in [4.78, 5) is 0. The molecule has 0 bridgehead atoms. The molecule has 1 saturated heterocycles. The van der Waals surface area contributed by atoms with Gasteiger partial charge in [-0.05, 0) is 38.8 Å². The van der Waals surface area contributed by atoms with Crippen molar-refractivity contribution in [2.24, 2.45) is 0 Å². The number of hydrogen-bond donors (Lipinski definition) is 0. The predicted molar refractivity (Wildman–Crippen MR) is 107 cm³/mol. The highest BCUT2D eigenvalue weighted by Gasteiger charge is 2.40. The molecule has 0 aromatic rings. The zero-order valence-corrected chi connectivity index (χ0v) is 19.3. The van der Waals surface area contributed by atoms with Gasteiger partial charge in [-0.2, -0.15) is 0 Å². The summed E-state index contributed by atoms with van der Waals surface area (Å²) >= 11 is 0. The van der Waals surface area contributed by atoms with Crippen LogP contribution in [0.4, 0.5) is 0 Å². The molecule has 0 spiro atoms. The van der Waals surface area contributed by atoms with Crippen molar-refractivity contribution in [2.75, 3.05) is 41.7 Å². The van der Waals surface area contributed by atoms with Crippen LogP contribution in [-0.4, -0.2) is 58.8 Å². The highest BCUT2D eigenvalue weighted by molar-refractivity contribution is 6.67. The molecular formula is C18H40O5Si2. The van der Waals surface area contributed by atoms with Gasteiger partial charge in [-0.1, -0.05) is 25.7 Å². The van der Waals surface area contributed by atoms with Crippen LogP contribution in [0.5, 0.6) is 0 Å². The van der Waals surface area contributed by atoms with Gasteiger partial charge in [0.2, 0.25) is 0 Å². The van der Waals surface area contributed by atoms with E-state index < -0.39 is 17.1 Å². The lowest BCUT2D eigenvalue weighted by molar-refractivity contribution is 0.115. The van der Waals surface area contributed by atoms with Crippen LogP contribution in [0, 0.1) is 0 Å². The highest BCUT2D eigenvalue weighted by Crippen LogP contribution is 2.35.